The lowest BCUT2D eigenvalue weighted by molar-refractivity contribution is 0.101. The summed E-state index contributed by atoms with van der Waals surface area (Å²) in [5.74, 6) is 0.790. The maximum atomic E-state index is 11.7. The Balaban J connectivity index is 1.76. The van der Waals surface area contributed by atoms with Crippen molar-refractivity contribution >= 4 is 28.1 Å². The van der Waals surface area contributed by atoms with Gasteiger partial charge in [-0.25, -0.2) is 0 Å². The Bertz CT molecular complexity index is 1140. The summed E-state index contributed by atoms with van der Waals surface area (Å²) in [6.45, 7) is 3.68. The van der Waals surface area contributed by atoms with Crippen molar-refractivity contribution in [2.45, 2.75) is 19.8 Å². The van der Waals surface area contributed by atoms with Gasteiger partial charge in [0.2, 0.25) is 0 Å². The van der Waals surface area contributed by atoms with Crippen LogP contribution >= 0.6 is 0 Å². The number of nitrogens with one attached hydrogen (secondary N) is 1. The van der Waals surface area contributed by atoms with Gasteiger partial charge in [0, 0.05) is 40.3 Å². The molecule has 0 bridgehead atoms. The van der Waals surface area contributed by atoms with E-state index in [1.54, 1.807) is 25.4 Å². The summed E-state index contributed by atoms with van der Waals surface area (Å²) in [6.07, 6.45) is 3.58. The average Bonchev–Trinajstić information content (AvgIpc) is 2.74. The number of ketones is 1. The zero-order valence-corrected chi connectivity index (χ0v) is 15.8. The van der Waals surface area contributed by atoms with Gasteiger partial charge in [0.15, 0.2) is 11.6 Å². The van der Waals surface area contributed by atoms with Crippen LogP contribution in [0.2, 0.25) is 0 Å². The molecule has 0 aliphatic rings. The molecule has 1 atom stereocenters. The quantitative estimate of drug-likeness (QED) is 0.495. The van der Waals surface area contributed by atoms with Gasteiger partial charge in [-0.2, -0.15) is 5.10 Å². The molecule has 1 unspecified atom stereocenters. The van der Waals surface area contributed by atoms with E-state index in [0.29, 0.717) is 11.4 Å². The maximum absolute atomic E-state index is 11.7. The number of carbonyl (C=O) groups is 1. The number of fused-ring (bicyclic) bond motifs is 1. The highest BCUT2D eigenvalue weighted by Gasteiger charge is 2.16. The predicted octanol–water partition coefficient (Wildman–Crippen LogP) is 5.12. The molecule has 0 fully saturated rings. The van der Waals surface area contributed by atoms with Crippen LogP contribution < -0.4 is 5.32 Å². The Kier molecular flexibility index (Phi) is 4.81. The normalized spacial score (nSPS) is 11.9. The van der Waals surface area contributed by atoms with Crippen molar-refractivity contribution in [1.82, 2.24) is 15.2 Å². The van der Waals surface area contributed by atoms with Gasteiger partial charge in [-0.15, -0.1) is 5.10 Å². The Morgan fingerprint density at radius 2 is 1.68 bits per heavy atom. The number of anilines is 2. The number of carbonyl (C=O) groups excluding carboxylic acids is 1. The van der Waals surface area contributed by atoms with Crippen LogP contribution in [0, 0.1) is 0 Å². The van der Waals surface area contributed by atoms with E-state index >= 15 is 0 Å². The molecule has 0 aliphatic carbocycles. The third kappa shape index (κ3) is 3.47. The third-order valence-electron chi connectivity index (χ3n) is 4.86. The Hall–Kier alpha value is -3.60. The molecule has 2 heterocycles. The van der Waals surface area contributed by atoms with E-state index in [4.69, 9.17) is 0 Å². The van der Waals surface area contributed by atoms with Crippen molar-refractivity contribution in [3.8, 4) is 0 Å². The van der Waals surface area contributed by atoms with Gasteiger partial charge < -0.3 is 5.32 Å². The molecule has 4 aromatic rings. The monoisotopic (exact) mass is 368 g/mol. The molecule has 2 aromatic carbocycles. The van der Waals surface area contributed by atoms with Crippen LogP contribution in [0.1, 0.15) is 41.4 Å². The minimum absolute atomic E-state index is 0.0288. The van der Waals surface area contributed by atoms with Gasteiger partial charge >= 0.3 is 0 Å². The first-order valence-electron chi connectivity index (χ1n) is 9.17. The first kappa shape index (κ1) is 17.8. The molecule has 0 aliphatic heterocycles. The SMILES string of the molecule is CC(=O)c1cccc(Nc2nnc(C(C)c3ccncc3)c3ccccc23)c1. The summed E-state index contributed by atoms with van der Waals surface area (Å²) in [5, 5.41) is 14.3. The molecule has 0 spiro atoms. The third-order valence-corrected chi connectivity index (χ3v) is 4.86. The maximum Gasteiger partial charge on any atom is 0.160 e. The molecule has 2 aromatic heterocycles. The second kappa shape index (κ2) is 7.56. The van der Waals surface area contributed by atoms with Crippen molar-refractivity contribution in [2.75, 3.05) is 5.32 Å². The van der Waals surface area contributed by atoms with Crippen LogP contribution in [0.15, 0.2) is 73.1 Å². The van der Waals surface area contributed by atoms with E-state index < -0.39 is 0 Å². The van der Waals surface area contributed by atoms with Gasteiger partial charge in [-0.3, -0.25) is 9.78 Å². The van der Waals surface area contributed by atoms with Gasteiger partial charge in [-0.05, 0) is 36.8 Å². The lowest BCUT2D eigenvalue weighted by Crippen LogP contribution is -2.05. The highest BCUT2D eigenvalue weighted by molar-refractivity contribution is 5.97. The summed E-state index contributed by atoms with van der Waals surface area (Å²) < 4.78 is 0. The molecular weight excluding hydrogens is 348 g/mol. The van der Waals surface area contributed by atoms with Crippen molar-refractivity contribution < 1.29 is 4.79 Å². The van der Waals surface area contributed by atoms with Gasteiger partial charge in [0.05, 0.1) is 5.69 Å². The summed E-state index contributed by atoms with van der Waals surface area (Å²) in [6, 6.07) is 19.5. The van der Waals surface area contributed by atoms with Crippen LogP contribution in [0.25, 0.3) is 10.8 Å². The van der Waals surface area contributed by atoms with Crippen LogP contribution in [0.3, 0.4) is 0 Å². The van der Waals surface area contributed by atoms with Crippen molar-refractivity contribution in [3.05, 3.63) is 89.9 Å². The minimum atomic E-state index is 0.0288. The summed E-state index contributed by atoms with van der Waals surface area (Å²) >= 11 is 0. The van der Waals surface area contributed by atoms with Crippen LogP contribution in [0.4, 0.5) is 11.5 Å². The zero-order valence-electron chi connectivity index (χ0n) is 15.8. The number of benzene rings is 2. The van der Waals surface area contributed by atoms with Gasteiger partial charge in [0.25, 0.3) is 0 Å². The van der Waals surface area contributed by atoms with Gasteiger partial charge in [-0.1, -0.05) is 43.3 Å². The molecule has 0 radical (unpaired) electrons. The molecule has 28 heavy (non-hydrogen) atoms. The van der Waals surface area contributed by atoms with Crippen molar-refractivity contribution in [3.63, 3.8) is 0 Å². The Labute approximate surface area is 163 Å². The van der Waals surface area contributed by atoms with Gasteiger partial charge in [0.1, 0.15) is 0 Å². The number of hydrogen-bond donors (Lipinski definition) is 1. The Morgan fingerprint density at radius 1 is 0.929 bits per heavy atom. The number of Topliss-reactive ketones (excluding diaryl/α,β-unsaturated/α-hetero) is 1. The highest BCUT2D eigenvalue weighted by Crippen LogP contribution is 2.32. The van der Waals surface area contributed by atoms with E-state index in [-0.39, 0.29) is 11.7 Å². The van der Waals surface area contributed by atoms with Crippen molar-refractivity contribution in [1.29, 1.82) is 0 Å². The van der Waals surface area contributed by atoms with E-state index in [1.807, 2.05) is 48.5 Å². The van der Waals surface area contributed by atoms with Crippen molar-refractivity contribution in [2.24, 2.45) is 0 Å². The number of aromatic nitrogens is 3. The highest BCUT2D eigenvalue weighted by atomic mass is 16.1. The first-order chi connectivity index (χ1) is 13.6. The molecule has 5 heteroatoms. The second-order valence-corrected chi connectivity index (χ2v) is 6.74. The second-order valence-electron chi connectivity index (χ2n) is 6.74. The number of pyridine rings is 1. The summed E-state index contributed by atoms with van der Waals surface area (Å²) in [7, 11) is 0. The number of hydrogen-bond acceptors (Lipinski definition) is 5. The number of nitrogens with zero attached hydrogens (tertiary/aromatic N) is 3. The molecule has 4 rings (SSSR count). The molecule has 0 saturated heterocycles. The molecule has 5 nitrogen and oxygen atoms in total. The van der Waals surface area contributed by atoms with E-state index in [1.165, 1.54) is 0 Å². The molecule has 138 valence electrons. The number of rotatable bonds is 5. The van der Waals surface area contributed by atoms with Crippen LogP contribution in [-0.4, -0.2) is 21.0 Å². The van der Waals surface area contributed by atoms with E-state index in [2.05, 4.69) is 33.5 Å². The largest absolute Gasteiger partial charge is 0.338 e. The first-order valence-corrected chi connectivity index (χ1v) is 9.17. The fourth-order valence-corrected chi connectivity index (χ4v) is 3.30. The predicted molar refractivity (Wildman–Crippen MR) is 111 cm³/mol. The summed E-state index contributed by atoms with van der Waals surface area (Å²) in [5.41, 5.74) is 3.53. The average molecular weight is 368 g/mol. The molecular formula is C23H20N4O. The summed E-state index contributed by atoms with van der Waals surface area (Å²) in [4.78, 5) is 15.8. The topological polar surface area (TPSA) is 67.8 Å². The standard InChI is InChI=1S/C23H20N4O/c1-15(17-10-12-24-13-11-17)22-20-8-3-4-9-21(20)23(27-26-22)25-19-7-5-6-18(14-19)16(2)28/h3-15H,1-2H3,(H,25,27). The fourth-order valence-electron chi connectivity index (χ4n) is 3.30. The molecule has 1 N–H and O–H groups in total. The van der Waals surface area contributed by atoms with Crippen LogP contribution in [0.5, 0.6) is 0 Å². The van der Waals surface area contributed by atoms with E-state index in [0.717, 1.165) is 27.7 Å². The Morgan fingerprint density at radius 3 is 2.43 bits per heavy atom. The lowest BCUT2D eigenvalue weighted by Gasteiger charge is -2.16. The molecule has 0 saturated carbocycles. The van der Waals surface area contributed by atoms with Crippen LogP contribution in [-0.2, 0) is 0 Å². The van der Waals surface area contributed by atoms with E-state index in [9.17, 15) is 4.79 Å². The fraction of sp³-hybridized carbons (Fsp3) is 0.130. The minimum Gasteiger partial charge on any atom is -0.338 e. The molecule has 0 amide bonds. The smallest absolute Gasteiger partial charge is 0.160 e. The zero-order chi connectivity index (χ0) is 19.5. The lowest BCUT2D eigenvalue weighted by atomic mass is 9.95.